The van der Waals surface area contributed by atoms with E-state index in [1.807, 2.05) is 30.3 Å². The van der Waals surface area contributed by atoms with E-state index in [-0.39, 0.29) is 24.4 Å². The number of hydrogen-bond acceptors (Lipinski definition) is 2. The van der Waals surface area contributed by atoms with E-state index in [1.54, 1.807) is 0 Å². The molecule has 0 heterocycles. The van der Waals surface area contributed by atoms with Crippen LogP contribution in [0.1, 0.15) is 63.0 Å². The molecule has 0 aliphatic heterocycles. The van der Waals surface area contributed by atoms with Crippen LogP contribution in [0, 0.1) is 0 Å². The van der Waals surface area contributed by atoms with Crippen molar-refractivity contribution in [1.29, 1.82) is 0 Å². The summed E-state index contributed by atoms with van der Waals surface area (Å²) in [6.07, 6.45) is 9.02. The molecule has 3 N–H and O–H groups in total. The third kappa shape index (κ3) is 6.49. The number of amides is 1. The number of carbonyl (C=O) groups is 1. The zero-order valence-corrected chi connectivity index (χ0v) is 13.4. The van der Waals surface area contributed by atoms with Crippen molar-refractivity contribution < 1.29 is 4.79 Å². The zero-order valence-electron chi connectivity index (χ0n) is 12.6. The Kier molecular flexibility index (Phi) is 8.40. The second-order valence-electron chi connectivity index (χ2n) is 5.83. The first-order chi connectivity index (χ1) is 9.75. The molecule has 21 heavy (non-hydrogen) atoms. The van der Waals surface area contributed by atoms with Crippen LogP contribution in [0.15, 0.2) is 30.3 Å². The normalized spacial score (nSPS) is 18.0. The van der Waals surface area contributed by atoms with Crippen molar-refractivity contribution in [2.75, 3.05) is 0 Å². The highest BCUT2D eigenvalue weighted by molar-refractivity contribution is 5.85. The number of rotatable bonds is 4. The van der Waals surface area contributed by atoms with Crippen LogP contribution in [-0.4, -0.2) is 11.9 Å². The zero-order chi connectivity index (χ0) is 14.2. The highest BCUT2D eigenvalue weighted by Crippen LogP contribution is 2.18. The molecule has 1 atom stereocenters. The van der Waals surface area contributed by atoms with Crippen molar-refractivity contribution in [3.8, 4) is 0 Å². The van der Waals surface area contributed by atoms with Crippen molar-refractivity contribution in [3.63, 3.8) is 0 Å². The lowest BCUT2D eigenvalue weighted by Gasteiger charge is -2.22. The van der Waals surface area contributed by atoms with Gasteiger partial charge in [0.2, 0.25) is 5.91 Å². The fraction of sp³-hybridized carbons (Fsp3) is 0.588. The molecule has 118 valence electrons. The van der Waals surface area contributed by atoms with E-state index >= 15 is 0 Å². The highest BCUT2D eigenvalue weighted by Gasteiger charge is 2.16. The van der Waals surface area contributed by atoms with Gasteiger partial charge in [0.15, 0.2) is 0 Å². The highest BCUT2D eigenvalue weighted by atomic mass is 35.5. The molecular formula is C17H27ClN2O. The lowest BCUT2D eigenvalue weighted by Crippen LogP contribution is -2.36. The number of carbonyl (C=O) groups excluding carboxylic acids is 1. The van der Waals surface area contributed by atoms with Crippen LogP contribution >= 0.6 is 12.4 Å². The van der Waals surface area contributed by atoms with Gasteiger partial charge in [0.05, 0.1) is 0 Å². The number of benzene rings is 1. The Morgan fingerprint density at radius 1 is 1.10 bits per heavy atom. The van der Waals surface area contributed by atoms with Crippen molar-refractivity contribution in [2.24, 2.45) is 5.73 Å². The molecule has 3 nitrogen and oxygen atoms in total. The smallest absolute Gasteiger partial charge is 0.222 e. The summed E-state index contributed by atoms with van der Waals surface area (Å²) >= 11 is 0. The van der Waals surface area contributed by atoms with Crippen molar-refractivity contribution in [3.05, 3.63) is 35.9 Å². The van der Waals surface area contributed by atoms with Crippen molar-refractivity contribution >= 4 is 18.3 Å². The number of hydrogen-bond donors (Lipinski definition) is 2. The van der Waals surface area contributed by atoms with E-state index < -0.39 is 0 Å². The molecule has 1 fully saturated rings. The van der Waals surface area contributed by atoms with Gasteiger partial charge >= 0.3 is 0 Å². The average molecular weight is 311 g/mol. The third-order valence-electron chi connectivity index (χ3n) is 4.10. The maximum absolute atomic E-state index is 12.1. The molecule has 1 aromatic rings. The molecule has 0 bridgehead atoms. The van der Waals surface area contributed by atoms with Crippen LogP contribution in [0.3, 0.4) is 0 Å². The second kappa shape index (κ2) is 9.80. The standard InChI is InChI=1S/C17H26N2O.ClH/c18-16(14-9-5-4-6-10-14)13-17(20)19-15-11-7-2-1-3-8-12-15;/h4-6,9-10,15-16H,1-3,7-8,11-13,18H2,(H,19,20);1H. The van der Waals surface area contributed by atoms with Gasteiger partial charge in [0, 0.05) is 18.5 Å². The first kappa shape index (κ1) is 18.0. The first-order valence-electron chi connectivity index (χ1n) is 7.85. The van der Waals surface area contributed by atoms with Crippen LogP contribution in [0.4, 0.5) is 0 Å². The Morgan fingerprint density at radius 2 is 1.67 bits per heavy atom. The molecule has 0 saturated heterocycles. The van der Waals surface area contributed by atoms with Gasteiger partial charge in [0.1, 0.15) is 0 Å². The predicted molar refractivity (Wildman–Crippen MR) is 89.5 cm³/mol. The average Bonchev–Trinajstić information content (AvgIpc) is 2.42. The Labute approximate surface area is 134 Å². The van der Waals surface area contributed by atoms with Crippen molar-refractivity contribution in [2.45, 2.75) is 63.5 Å². The molecular weight excluding hydrogens is 284 g/mol. The predicted octanol–water partition coefficient (Wildman–Crippen LogP) is 3.73. The molecule has 0 spiro atoms. The molecule has 1 saturated carbocycles. The quantitative estimate of drug-likeness (QED) is 0.890. The fourth-order valence-corrected chi connectivity index (χ4v) is 2.90. The largest absolute Gasteiger partial charge is 0.353 e. The Bertz CT molecular complexity index is 403. The summed E-state index contributed by atoms with van der Waals surface area (Å²) in [4.78, 5) is 12.1. The SMILES string of the molecule is Cl.NC(CC(=O)NC1CCCCCCC1)c1ccccc1. The van der Waals surface area contributed by atoms with Gasteiger partial charge in [-0.15, -0.1) is 12.4 Å². The van der Waals surface area contributed by atoms with E-state index in [9.17, 15) is 4.79 Å². The summed E-state index contributed by atoms with van der Waals surface area (Å²) in [7, 11) is 0. The van der Waals surface area contributed by atoms with Gasteiger partial charge in [-0.05, 0) is 18.4 Å². The summed E-state index contributed by atoms with van der Waals surface area (Å²) in [6, 6.07) is 9.99. The Morgan fingerprint density at radius 3 is 2.29 bits per heavy atom. The molecule has 1 aliphatic rings. The molecule has 1 amide bonds. The van der Waals surface area contributed by atoms with Crippen LogP contribution in [-0.2, 0) is 4.79 Å². The van der Waals surface area contributed by atoms with Gasteiger partial charge in [-0.25, -0.2) is 0 Å². The molecule has 0 aromatic heterocycles. The van der Waals surface area contributed by atoms with Crippen LogP contribution < -0.4 is 11.1 Å². The third-order valence-corrected chi connectivity index (χ3v) is 4.10. The van der Waals surface area contributed by atoms with E-state index in [0.29, 0.717) is 12.5 Å². The van der Waals surface area contributed by atoms with Gasteiger partial charge in [-0.2, -0.15) is 0 Å². The Hall–Kier alpha value is -1.06. The topological polar surface area (TPSA) is 55.1 Å². The van der Waals surface area contributed by atoms with Gasteiger partial charge in [-0.3, -0.25) is 4.79 Å². The lowest BCUT2D eigenvalue weighted by atomic mass is 9.96. The fourth-order valence-electron chi connectivity index (χ4n) is 2.90. The summed E-state index contributed by atoms with van der Waals surface area (Å²) in [5, 5.41) is 3.17. The number of nitrogens with two attached hydrogens (primary N) is 1. The molecule has 0 radical (unpaired) electrons. The maximum atomic E-state index is 12.1. The first-order valence-corrected chi connectivity index (χ1v) is 7.85. The molecule has 2 rings (SSSR count). The summed E-state index contributed by atoms with van der Waals surface area (Å²) < 4.78 is 0. The van der Waals surface area contributed by atoms with Crippen LogP contribution in [0.2, 0.25) is 0 Å². The molecule has 4 heteroatoms. The summed E-state index contributed by atoms with van der Waals surface area (Å²) in [6.45, 7) is 0. The summed E-state index contributed by atoms with van der Waals surface area (Å²) in [5.41, 5.74) is 7.12. The Balaban J connectivity index is 0.00000220. The maximum Gasteiger partial charge on any atom is 0.222 e. The molecule has 1 aromatic carbocycles. The van der Waals surface area contributed by atoms with Crippen molar-refractivity contribution in [1.82, 2.24) is 5.32 Å². The number of nitrogens with one attached hydrogen (secondary N) is 1. The molecule has 1 unspecified atom stereocenters. The van der Waals surface area contributed by atoms with Crippen LogP contribution in [0.25, 0.3) is 0 Å². The summed E-state index contributed by atoms with van der Waals surface area (Å²) in [5.74, 6) is 0.0897. The second-order valence-corrected chi connectivity index (χ2v) is 5.83. The van der Waals surface area contributed by atoms with Crippen LogP contribution in [0.5, 0.6) is 0 Å². The monoisotopic (exact) mass is 310 g/mol. The van der Waals surface area contributed by atoms with Gasteiger partial charge in [0.25, 0.3) is 0 Å². The van der Waals surface area contributed by atoms with Gasteiger partial charge in [-0.1, -0.05) is 62.4 Å². The van der Waals surface area contributed by atoms with E-state index in [0.717, 1.165) is 18.4 Å². The minimum Gasteiger partial charge on any atom is -0.353 e. The minimum absolute atomic E-state index is 0. The molecule has 1 aliphatic carbocycles. The number of halogens is 1. The van der Waals surface area contributed by atoms with E-state index in [1.165, 1.54) is 32.1 Å². The van der Waals surface area contributed by atoms with E-state index in [2.05, 4.69) is 5.32 Å². The minimum atomic E-state index is -0.204. The lowest BCUT2D eigenvalue weighted by molar-refractivity contribution is -0.122. The van der Waals surface area contributed by atoms with E-state index in [4.69, 9.17) is 5.73 Å². The van der Waals surface area contributed by atoms with Gasteiger partial charge < -0.3 is 11.1 Å².